The molecular weight excluding hydrogens is 580 g/mol. The number of fused-ring (bicyclic) bond motifs is 2. The van der Waals surface area contributed by atoms with Crippen molar-refractivity contribution in [3.8, 4) is 0 Å². The maximum absolute atomic E-state index is 14.0. The number of hydrogen-bond acceptors (Lipinski definition) is 4. The van der Waals surface area contributed by atoms with Gasteiger partial charge in [-0.3, -0.25) is 14.6 Å². The highest BCUT2D eigenvalue weighted by atomic mass is 19.4. The summed E-state index contributed by atoms with van der Waals surface area (Å²) in [6.45, 7) is 2.97. The summed E-state index contributed by atoms with van der Waals surface area (Å²) < 4.78 is 87.4. The van der Waals surface area contributed by atoms with Crippen LogP contribution in [0.4, 0.5) is 41.6 Å². The van der Waals surface area contributed by atoms with Crippen LogP contribution in [0.2, 0.25) is 0 Å². The van der Waals surface area contributed by atoms with Crippen molar-refractivity contribution in [2.24, 2.45) is 0 Å². The van der Waals surface area contributed by atoms with Crippen LogP contribution in [0, 0.1) is 0 Å². The smallest absolute Gasteiger partial charge is 0.416 e. The number of benzene rings is 2. The van der Waals surface area contributed by atoms with Crippen molar-refractivity contribution < 1.29 is 45.5 Å². The van der Waals surface area contributed by atoms with Crippen molar-refractivity contribution in [1.82, 2.24) is 9.80 Å². The molecule has 2 atom stereocenters. The SMILES string of the molecule is CCOC(=O)N1c2cc3c(cc2[C@@H](N(Cc2cc(C(F)(F)F)cc(C(F)(F)F)c2)C(=O)N2CCCC2=O)C[C@H]1C)CCC3. The molecule has 1 saturated heterocycles. The first kappa shape index (κ1) is 30.7. The van der Waals surface area contributed by atoms with Crippen molar-refractivity contribution in [3.63, 3.8) is 0 Å². The molecule has 2 aromatic rings. The Morgan fingerprint density at radius 2 is 1.56 bits per heavy atom. The van der Waals surface area contributed by atoms with E-state index in [-0.39, 0.29) is 37.6 Å². The van der Waals surface area contributed by atoms with Crippen molar-refractivity contribution in [2.45, 2.75) is 83.4 Å². The van der Waals surface area contributed by atoms with Crippen LogP contribution in [0.15, 0.2) is 30.3 Å². The van der Waals surface area contributed by atoms with Crippen molar-refractivity contribution >= 4 is 23.7 Å². The van der Waals surface area contributed by atoms with Crippen LogP contribution in [-0.4, -0.2) is 47.0 Å². The topological polar surface area (TPSA) is 70.2 Å². The van der Waals surface area contributed by atoms with Gasteiger partial charge in [-0.25, -0.2) is 9.59 Å². The van der Waals surface area contributed by atoms with E-state index in [0.717, 1.165) is 35.3 Å². The molecule has 0 bridgehead atoms. The Morgan fingerprint density at radius 3 is 2.12 bits per heavy atom. The van der Waals surface area contributed by atoms with E-state index in [4.69, 9.17) is 4.74 Å². The van der Waals surface area contributed by atoms with E-state index in [1.807, 2.05) is 12.1 Å². The number of ether oxygens (including phenoxy) is 1. The molecule has 2 aromatic carbocycles. The fourth-order valence-electron chi connectivity index (χ4n) is 6.29. The number of halogens is 6. The number of hydrogen-bond donors (Lipinski definition) is 0. The van der Waals surface area contributed by atoms with Crippen LogP contribution < -0.4 is 4.90 Å². The molecule has 7 nitrogen and oxygen atoms in total. The molecule has 0 radical (unpaired) electrons. The summed E-state index contributed by atoms with van der Waals surface area (Å²) in [6.07, 6.45) is -7.75. The van der Waals surface area contributed by atoms with E-state index in [2.05, 4.69) is 0 Å². The average molecular weight is 612 g/mol. The number of alkyl halides is 6. The number of nitrogens with zero attached hydrogens (tertiary/aromatic N) is 3. The third kappa shape index (κ3) is 6.03. The number of urea groups is 1. The Balaban J connectivity index is 1.65. The number of likely N-dealkylation sites (tertiary alicyclic amines) is 1. The van der Waals surface area contributed by atoms with Crippen molar-refractivity contribution in [1.29, 1.82) is 0 Å². The van der Waals surface area contributed by atoms with E-state index in [1.54, 1.807) is 13.8 Å². The molecule has 0 unspecified atom stereocenters. The summed E-state index contributed by atoms with van der Waals surface area (Å²) in [5, 5.41) is 0. The molecule has 4 amide bonds. The summed E-state index contributed by atoms with van der Waals surface area (Å²) in [5.74, 6) is -0.471. The Labute approximate surface area is 244 Å². The number of anilines is 1. The second-order valence-corrected chi connectivity index (χ2v) is 11.2. The zero-order valence-corrected chi connectivity index (χ0v) is 23.6. The second kappa shape index (κ2) is 11.4. The third-order valence-electron chi connectivity index (χ3n) is 8.26. The highest BCUT2D eigenvalue weighted by Crippen LogP contribution is 2.45. The number of carbonyl (C=O) groups is 3. The monoisotopic (exact) mass is 611 g/mol. The van der Waals surface area contributed by atoms with E-state index in [1.165, 1.54) is 9.80 Å². The maximum Gasteiger partial charge on any atom is 0.416 e. The minimum Gasteiger partial charge on any atom is -0.449 e. The van der Waals surface area contributed by atoms with E-state index in [0.29, 0.717) is 29.8 Å². The van der Waals surface area contributed by atoms with E-state index < -0.39 is 60.1 Å². The number of amides is 4. The number of aryl methyl sites for hydroxylation is 2. The molecule has 1 fully saturated rings. The lowest BCUT2D eigenvalue weighted by molar-refractivity contribution is -0.143. The van der Waals surface area contributed by atoms with Crippen LogP contribution >= 0.6 is 0 Å². The normalized spacial score (nSPS) is 20.2. The van der Waals surface area contributed by atoms with Gasteiger partial charge in [0.05, 0.1) is 29.5 Å². The molecule has 0 spiro atoms. The molecule has 3 aliphatic rings. The lowest BCUT2D eigenvalue weighted by Gasteiger charge is -2.44. The Kier molecular flexibility index (Phi) is 8.12. The van der Waals surface area contributed by atoms with Gasteiger partial charge >= 0.3 is 24.5 Å². The highest BCUT2D eigenvalue weighted by molar-refractivity contribution is 5.96. The molecular formula is C30H31F6N3O4. The average Bonchev–Trinajstić information content (AvgIpc) is 3.57. The Morgan fingerprint density at radius 1 is 0.930 bits per heavy atom. The standard InChI is InChI=1S/C30H31F6N3O4/c1-3-43-28(42)39-17(2)10-24(23-13-19-6-4-7-20(19)14-25(23)39)38(27(41)37-9-5-8-26(37)40)16-18-11-21(29(31,32)33)15-22(12-18)30(34,35)36/h11-15,17,24H,3-10,16H2,1-2H3/t17-,24+/m1/s1. The molecule has 2 aliphatic heterocycles. The van der Waals surface area contributed by atoms with Crippen LogP contribution in [0.3, 0.4) is 0 Å². The van der Waals surface area contributed by atoms with Crippen LogP contribution in [0.5, 0.6) is 0 Å². The zero-order valence-electron chi connectivity index (χ0n) is 23.6. The third-order valence-corrected chi connectivity index (χ3v) is 8.26. The van der Waals surface area contributed by atoms with Crippen LogP contribution in [0.1, 0.15) is 79.0 Å². The summed E-state index contributed by atoms with van der Waals surface area (Å²) in [5.41, 5.74) is -0.378. The zero-order chi connectivity index (χ0) is 31.3. The molecule has 232 valence electrons. The molecule has 5 rings (SSSR count). The summed E-state index contributed by atoms with van der Waals surface area (Å²) in [6, 6.07) is 2.75. The first-order chi connectivity index (χ1) is 20.2. The summed E-state index contributed by atoms with van der Waals surface area (Å²) in [7, 11) is 0. The molecule has 1 aliphatic carbocycles. The second-order valence-electron chi connectivity index (χ2n) is 11.2. The lowest BCUT2D eigenvalue weighted by Crippen LogP contribution is -2.50. The summed E-state index contributed by atoms with van der Waals surface area (Å²) >= 11 is 0. The quantitative estimate of drug-likeness (QED) is 0.342. The highest BCUT2D eigenvalue weighted by Gasteiger charge is 2.43. The number of imide groups is 1. The van der Waals surface area contributed by atoms with Crippen LogP contribution in [0.25, 0.3) is 0 Å². The van der Waals surface area contributed by atoms with Crippen LogP contribution in [-0.2, 0) is 41.3 Å². The first-order valence-electron chi connectivity index (χ1n) is 14.2. The van der Waals surface area contributed by atoms with Gasteiger partial charge in [0, 0.05) is 25.6 Å². The molecule has 0 N–H and O–H groups in total. The molecule has 43 heavy (non-hydrogen) atoms. The van der Waals surface area contributed by atoms with Gasteiger partial charge in [0.1, 0.15) is 0 Å². The van der Waals surface area contributed by atoms with Gasteiger partial charge in [-0.15, -0.1) is 0 Å². The Hall–Kier alpha value is -3.77. The van der Waals surface area contributed by atoms with Gasteiger partial charge in [-0.05, 0) is 92.5 Å². The summed E-state index contributed by atoms with van der Waals surface area (Å²) in [4.78, 5) is 43.3. The lowest BCUT2D eigenvalue weighted by atomic mass is 9.88. The molecule has 0 saturated carbocycles. The van der Waals surface area contributed by atoms with Crippen molar-refractivity contribution in [2.75, 3.05) is 18.1 Å². The van der Waals surface area contributed by atoms with E-state index in [9.17, 15) is 40.7 Å². The number of rotatable bonds is 4. The fraction of sp³-hybridized carbons (Fsp3) is 0.500. The predicted octanol–water partition coefficient (Wildman–Crippen LogP) is 7.25. The van der Waals surface area contributed by atoms with Gasteiger partial charge in [0.25, 0.3) is 0 Å². The van der Waals surface area contributed by atoms with Gasteiger partial charge < -0.3 is 9.64 Å². The van der Waals surface area contributed by atoms with Gasteiger partial charge in [-0.2, -0.15) is 26.3 Å². The largest absolute Gasteiger partial charge is 0.449 e. The number of carbonyl (C=O) groups excluding carboxylic acids is 3. The van der Waals surface area contributed by atoms with E-state index >= 15 is 0 Å². The predicted molar refractivity (Wildman–Crippen MR) is 143 cm³/mol. The minimum atomic E-state index is -5.07. The van der Waals surface area contributed by atoms with Crippen molar-refractivity contribution in [3.05, 3.63) is 63.7 Å². The molecule has 0 aromatic heterocycles. The fourth-order valence-corrected chi connectivity index (χ4v) is 6.29. The first-order valence-corrected chi connectivity index (χ1v) is 14.2. The minimum absolute atomic E-state index is 0.0398. The Bertz CT molecular complexity index is 1410. The van der Waals surface area contributed by atoms with Gasteiger partial charge in [0.2, 0.25) is 5.91 Å². The van der Waals surface area contributed by atoms with Gasteiger partial charge in [-0.1, -0.05) is 6.07 Å². The molecule has 13 heteroatoms. The molecule has 2 heterocycles. The maximum atomic E-state index is 14.0. The van der Waals surface area contributed by atoms with Gasteiger partial charge in [0.15, 0.2) is 0 Å².